The predicted molar refractivity (Wildman–Crippen MR) is 103 cm³/mol. The van der Waals surface area contributed by atoms with Gasteiger partial charge in [0.2, 0.25) is 9.84 Å². The zero-order chi connectivity index (χ0) is 20.1. The minimum atomic E-state index is -4.64. The molecule has 28 heavy (non-hydrogen) atoms. The van der Waals surface area contributed by atoms with Crippen molar-refractivity contribution >= 4 is 15.7 Å². The normalized spacial score (nSPS) is 15.8. The van der Waals surface area contributed by atoms with E-state index < -0.39 is 20.5 Å². The Hall–Kier alpha value is -2.28. The Morgan fingerprint density at radius 3 is 2.18 bits per heavy atom. The van der Waals surface area contributed by atoms with Crippen LogP contribution in [0.4, 0.5) is 8.78 Å². The number of amides is 1. The van der Waals surface area contributed by atoms with Crippen molar-refractivity contribution in [3.8, 4) is 0 Å². The van der Waals surface area contributed by atoms with Crippen molar-refractivity contribution in [1.82, 2.24) is 4.90 Å². The third-order valence-electron chi connectivity index (χ3n) is 5.25. The summed E-state index contributed by atoms with van der Waals surface area (Å²) in [5, 5.41) is 0. The quantitative estimate of drug-likeness (QED) is 0.722. The third-order valence-corrected chi connectivity index (χ3v) is 6.65. The summed E-state index contributed by atoms with van der Waals surface area (Å²) in [5.41, 5.74) is 1.63. The summed E-state index contributed by atoms with van der Waals surface area (Å²) in [6.45, 7) is 1.30. The summed E-state index contributed by atoms with van der Waals surface area (Å²) < 4.78 is 48.1. The van der Waals surface area contributed by atoms with Gasteiger partial charge < -0.3 is 4.90 Å². The summed E-state index contributed by atoms with van der Waals surface area (Å²) in [4.78, 5) is 13.9. The van der Waals surface area contributed by atoms with Gasteiger partial charge in [-0.3, -0.25) is 4.79 Å². The number of carbonyl (C=O) groups excluding carboxylic acids is 1. The second-order valence-electron chi connectivity index (χ2n) is 7.09. The highest BCUT2D eigenvalue weighted by Crippen LogP contribution is 2.24. The fraction of sp³-hybridized carbons (Fsp3) is 0.381. The maximum atomic E-state index is 12.6. The van der Waals surface area contributed by atoms with Gasteiger partial charge in [0.1, 0.15) is 0 Å². The molecule has 1 saturated heterocycles. The van der Waals surface area contributed by atoms with Crippen LogP contribution in [0.3, 0.4) is 0 Å². The standard InChI is InChI=1S/C21H23F2NO3S/c22-21(23)28(26,27)19-10-8-18(9-11-19)20(25)24-14-12-17(13-15-24)7-6-16-4-2-1-3-5-16/h1-5,8-11,17,21H,6-7,12-15H2. The van der Waals surface area contributed by atoms with Gasteiger partial charge in [0.25, 0.3) is 5.91 Å². The number of aryl methyl sites for hydroxylation is 1. The molecule has 2 aromatic carbocycles. The summed E-state index contributed by atoms with van der Waals surface area (Å²) in [6, 6.07) is 15.1. The molecule has 1 heterocycles. The maximum Gasteiger partial charge on any atom is 0.341 e. The molecule has 0 unspecified atom stereocenters. The monoisotopic (exact) mass is 407 g/mol. The molecule has 150 valence electrons. The minimum absolute atomic E-state index is 0.192. The first-order chi connectivity index (χ1) is 13.4. The number of carbonyl (C=O) groups is 1. The van der Waals surface area contributed by atoms with E-state index in [1.165, 1.54) is 17.7 Å². The van der Waals surface area contributed by atoms with Gasteiger partial charge in [-0.25, -0.2) is 8.42 Å². The molecule has 4 nitrogen and oxygen atoms in total. The van der Waals surface area contributed by atoms with Gasteiger partial charge in [0, 0.05) is 18.7 Å². The van der Waals surface area contributed by atoms with Crippen LogP contribution in [0.2, 0.25) is 0 Å². The number of benzene rings is 2. The lowest BCUT2D eigenvalue weighted by atomic mass is 9.90. The summed E-state index contributed by atoms with van der Waals surface area (Å²) in [7, 11) is -4.64. The number of halogens is 2. The second-order valence-corrected chi connectivity index (χ2v) is 9.01. The molecule has 1 fully saturated rings. The Balaban J connectivity index is 1.53. The topological polar surface area (TPSA) is 54.5 Å². The molecule has 0 bridgehead atoms. The molecule has 0 spiro atoms. The summed E-state index contributed by atoms with van der Waals surface area (Å²) in [6.07, 6.45) is 3.97. The molecule has 0 atom stereocenters. The molecular formula is C21H23F2NO3S. The molecule has 7 heteroatoms. The summed E-state index contributed by atoms with van der Waals surface area (Å²) >= 11 is 0. The fourth-order valence-electron chi connectivity index (χ4n) is 3.51. The Kier molecular flexibility index (Phi) is 6.44. The number of hydrogen-bond donors (Lipinski definition) is 0. The van der Waals surface area contributed by atoms with E-state index in [9.17, 15) is 22.0 Å². The average molecular weight is 407 g/mol. The largest absolute Gasteiger partial charge is 0.341 e. The van der Waals surface area contributed by atoms with Crippen LogP contribution >= 0.6 is 0 Å². The Bertz CT molecular complexity index is 891. The molecule has 2 aromatic rings. The van der Waals surface area contributed by atoms with Crippen LogP contribution in [0.15, 0.2) is 59.5 Å². The zero-order valence-corrected chi connectivity index (χ0v) is 16.2. The van der Waals surface area contributed by atoms with E-state index in [1.54, 1.807) is 4.90 Å². The van der Waals surface area contributed by atoms with Crippen molar-refractivity contribution < 1.29 is 22.0 Å². The van der Waals surface area contributed by atoms with Crippen molar-refractivity contribution in [3.05, 3.63) is 65.7 Å². The highest BCUT2D eigenvalue weighted by atomic mass is 32.2. The minimum Gasteiger partial charge on any atom is -0.339 e. The van der Waals surface area contributed by atoms with Crippen molar-refractivity contribution in [2.45, 2.75) is 36.3 Å². The molecule has 0 aliphatic carbocycles. The molecule has 0 aromatic heterocycles. The number of piperidine rings is 1. The van der Waals surface area contributed by atoms with E-state index >= 15 is 0 Å². The number of nitrogens with zero attached hydrogens (tertiary/aromatic N) is 1. The van der Waals surface area contributed by atoms with Gasteiger partial charge in [-0.2, -0.15) is 8.78 Å². The molecule has 3 rings (SSSR count). The number of hydrogen-bond acceptors (Lipinski definition) is 3. The predicted octanol–water partition coefficient (Wildman–Crippen LogP) is 4.17. The van der Waals surface area contributed by atoms with Crippen molar-refractivity contribution in [2.24, 2.45) is 5.92 Å². The van der Waals surface area contributed by atoms with E-state index in [0.29, 0.717) is 24.6 Å². The van der Waals surface area contributed by atoms with Crippen LogP contribution in [-0.2, 0) is 16.3 Å². The molecular weight excluding hydrogens is 384 g/mol. The lowest BCUT2D eigenvalue weighted by Crippen LogP contribution is -2.38. The molecule has 1 aliphatic heterocycles. The lowest BCUT2D eigenvalue weighted by molar-refractivity contribution is 0.0687. The van der Waals surface area contributed by atoms with E-state index in [0.717, 1.165) is 37.8 Å². The Morgan fingerprint density at radius 2 is 1.61 bits per heavy atom. The third kappa shape index (κ3) is 4.76. The van der Waals surface area contributed by atoms with Crippen LogP contribution in [0.1, 0.15) is 35.2 Å². The Labute approximate surface area is 164 Å². The van der Waals surface area contributed by atoms with Gasteiger partial charge in [-0.05, 0) is 61.4 Å². The Morgan fingerprint density at radius 1 is 1.00 bits per heavy atom. The zero-order valence-electron chi connectivity index (χ0n) is 15.4. The second kappa shape index (κ2) is 8.82. The fourth-order valence-corrected chi connectivity index (χ4v) is 4.23. The van der Waals surface area contributed by atoms with Crippen molar-refractivity contribution in [1.29, 1.82) is 0 Å². The van der Waals surface area contributed by atoms with E-state index in [2.05, 4.69) is 12.1 Å². The lowest BCUT2D eigenvalue weighted by Gasteiger charge is -2.32. The first kappa shape index (κ1) is 20.5. The first-order valence-electron chi connectivity index (χ1n) is 9.33. The highest BCUT2D eigenvalue weighted by Gasteiger charge is 2.27. The average Bonchev–Trinajstić information content (AvgIpc) is 2.73. The number of likely N-dealkylation sites (tertiary alicyclic amines) is 1. The van der Waals surface area contributed by atoms with Crippen LogP contribution in [0.25, 0.3) is 0 Å². The van der Waals surface area contributed by atoms with Crippen molar-refractivity contribution in [3.63, 3.8) is 0 Å². The number of rotatable bonds is 6. The van der Waals surface area contributed by atoms with Crippen LogP contribution in [0, 0.1) is 5.92 Å². The van der Waals surface area contributed by atoms with Gasteiger partial charge in [0.15, 0.2) is 0 Å². The molecule has 1 aliphatic rings. The number of alkyl halides is 2. The van der Waals surface area contributed by atoms with E-state index in [4.69, 9.17) is 0 Å². The van der Waals surface area contributed by atoms with Gasteiger partial charge in [-0.15, -0.1) is 0 Å². The first-order valence-corrected chi connectivity index (χ1v) is 10.9. The van der Waals surface area contributed by atoms with Crippen LogP contribution < -0.4 is 0 Å². The van der Waals surface area contributed by atoms with E-state index in [-0.39, 0.29) is 5.91 Å². The molecule has 0 saturated carbocycles. The van der Waals surface area contributed by atoms with Crippen LogP contribution in [-0.4, -0.2) is 38.1 Å². The van der Waals surface area contributed by atoms with Crippen molar-refractivity contribution in [2.75, 3.05) is 13.1 Å². The van der Waals surface area contributed by atoms with Crippen LogP contribution in [0.5, 0.6) is 0 Å². The molecule has 0 radical (unpaired) electrons. The smallest absolute Gasteiger partial charge is 0.339 e. The highest BCUT2D eigenvalue weighted by molar-refractivity contribution is 7.91. The van der Waals surface area contributed by atoms with E-state index in [1.807, 2.05) is 18.2 Å². The SMILES string of the molecule is O=C(c1ccc(S(=O)(=O)C(F)F)cc1)N1CCC(CCc2ccccc2)CC1. The number of sulfone groups is 1. The van der Waals surface area contributed by atoms with Gasteiger partial charge in [-0.1, -0.05) is 30.3 Å². The summed E-state index contributed by atoms with van der Waals surface area (Å²) in [5.74, 6) is -3.09. The molecule has 1 amide bonds. The van der Waals surface area contributed by atoms with Gasteiger partial charge >= 0.3 is 5.76 Å². The molecule has 0 N–H and O–H groups in total. The van der Waals surface area contributed by atoms with Gasteiger partial charge in [0.05, 0.1) is 4.90 Å². The maximum absolute atomic E-state index is 12.6.